The molecule has 0 spiro atoms. The highest BCUT2D eigenvalue weighted by atomic mass is 15.3. The molecule has 0 aromatic heterocycles. The van der Waals surface area contributed by atoms with E-state index in [1.165, 1.54) is 112 Å². The van der Waals surface area contributed by atoms with E-state index in [0.29, 0.717) is 0 Å². The van der Waals surface area contributed by atoms with Crippen LogP contribution in [0.5, 0.6) is 0 Å². The molecule has 4 aliphatic rings. The molecule has 0 fully saturated rings. The number of hydrogen-bond acceptors (Lipinski definition) is 3. The fourth-order valence-corrected chi connectivity index (χ4v) is 14.4. The quantitative estimate of drug-likeness (QED) is 0.159. The lowest BCUT2D eigenvalue weighted by atomic mass is 9.33. The average Bonchev–Trinajstić information content (AvgIpc) is 1.96. The third kappa shape index (κ3) is 7.74. The average molecular weight is 1030 g/mol. The minimum atomic E-state index is -0.545. The van der Waals surface area contributed by atoms with Gasteiger partial charge >= 0.3 is 0 Å². The summed E-state index contributed by atoms with van der Waals surface area (Å²) in [7, 11) is 0. The first kappa shape index (κ1) is 50.9. The minimum Gasteiger partial charge on any atom is -0.330 e. The van der Waals surface area contributed by atoms with Gasteiger partial charge in [-0.25, -0.2) is 0 Å². The molecule has 9 aromatic rings. The van der Waals surface area contributed by atoms with Gasteiger partial charge in [0.2, 0.25) is 0 Å². The summed E-state index contributed by atoms with van der Waals surface area (Å²) in [5.41, 5.74) is 25.9. The summed E-state index contributed by atoms with van der Waals surface area (Å²) in [6, 6.07) is 78.2. The molecule has 3 aliphatic heterocycles. The van der Waals surface area contributed by atoms with Gasteiger partial charge in [0.15, 0.2) is 0 Å². The summed E-state index contributed by atoms with van der Waals surface area (Å²) >= 11 is 0. The van der Waals surface area contributed by atoms with Gasteiger partial charge in [0, 0.05) is 45.4 Å². The van der Waals surface area contributed by atoms with E-state index in [0.717, 1.165) is 18.5 Å². The highest BCUT2D eigenvalue weighted by Gasteiger charge is 2.63. The molecule has 0 radical (unpaired) electrons. The number of benzene rings is 9. The third-order valence-corrected chi connectivity index (χ3v) is 18.7. The van der Waals surface area contributed by atoms with Crippen molar-refractivity contribution in [3.63, 3.8) is 0 Å². The van der Waals surface area contributed by atoms with E-state index in [9.17, 15) is 0 Å². The summed E-state index contributed by atoms with van der Waals surface area (Å²) in [5, 5.41) is 0. The Labute approximate surface area is 472 Å². The molecule has 394 valence electrons. The highest BCUT2D eigenvalue weighted by Crippen LogP contribution is 2.67. The largest absolute Gasteiger partial charge is 0.330 e. The van der Waals surface area contributed by atoms with Crippen LogP contribution in [0.15, 0.2) is 200 Å². The maximum Gasteiger partial charge on any atom is 0.252 e. The fraction of sp³-hybridized carbons (Fsp3) is 0.280. The molecule has 0 saturated heterocycles. The van der Waals surface area contributed by atoms with E-state index >= 15 is 0 Å². The van der Waals surface area contributed by atoms with E-state index in [1.54, 1.807) is 0 Å². The van der Waals surface area contributed by atoms with Gasteiger partial charge in [0.05, 0.1) is 16.6 Å². The van der Waals surface area contributed by atoms with E-state index < -0.39 is 5.54 Å². The molecule has 0 saturated carbocycles. The van der Waals surface area contributed by atoms with Crippen LogP contribution in [-0.2, 0) is 39.0 Å². The van der Waals surface area contributed by atoms with E-state index in [-0.39, 0.29) is 33.8 Å². The Morgan fingerprint density at radius 2 is 0.911 bits per heavy atom. The van der Waals surface area contributed by atoms with Crippen LogP contribution in [0.2, 0.25) is 0 Å². The second-order valence-electron chi connectivity index (χ2n) is 27.5. The predicted octanol–water partition coefficient (Wildman–Crippen LogP) is 17.9. The number of rotatable bonds is 5. The van der Waals surface area contributed by atoms with Gasteiger partial charge < -0.3 is 14.7 Å². The zero-order valence-corrected chi connectivity index (χ0v) is 48.9. The normalized spacial score (nSPS) is 18.3. The van der Waals surface area contributed by atoms with Crippen LogP contribution in [0.4, 0.5) is 45.5 Å². The minimum absolute atomic E-state index is 0.000313. The lowest BCUT2D eigenvalue weighted by Crippen LogP contribution is -2.61. The van der Waals surface area contributed by atoms with Gasteiger partial charge in [0.1, 0.15) is 0 Å². The standard InChI is InChI=1S/C75H76BN3/c1-70(2,3)51-32-37-56(38-33-51)77-66-41-36-55(73(10,11)12)46-62(66)76-61-30-22-23-31-65(61)78(63-39-34-53(71(4,5)6)44-58(63)49-24-16-14-17-25-49)68-48-57(47-67(77)69(68)76)79-64-40-35-54(72(7,8)9)45-60(64)75(52-27-18-15-19-28-52)43-42-50-26-20-21-29-59(50)74(75,79)13/h14-41,44-48H,42-43H2,1-13H3. The fourth-order valence-electron chi connectivity index (χ4n) is 14.4. The van der Waals surface area contributed by atoms with Crippen LogP contribution < -0.4 is 31.1 Å². The first-order valence-electron chi connectivity index (χ1n) is 29.0. The van der Waals surface area contributed by atoms with Crippen LogP contribution in [0.3, 0.4) is 0 Å². The molecule has 1 aliphatic carbocycles. The van der Waals surface area contributed by atoms with Crippen molar-refractivity contribution in [2.45, 2.75) is 135 Å². The van der Waals surface area contributed by atoms with Gasteiger partial charge in [-0.1, -0.05) is 229 Å². The van der Waals surface area contributed by atoms with Gasteiger partial charge in [-0.2, -0.15) is 0 Å². The summed E-state index contributed by atoms with van der Waals surface area (Å²) in [6.45, 7) is 30.7. The maximum atomic E-state index is 2.81. The molecule has 3 nitrogen and oxygen atoms in total. The molecule has 0 amide bonds. The number of para-hydroxylation sites is 1. The van der Waals surface area contributed by atoms with E-state index in [2.05, 4.69) is 305 Å². The second-order valence-corrected chi connectivity index (χ2v) is 27.5. The molecular formula is C75H76BN3. The maximum absolute atomic E-state index is 2.81. The first-order valence-corrected chi connectivity index (χ1v) is 29.0. The van der Waals surface area contributed by atoms with Gasteiger partial charge in [-0.15, -0.1) is 0 Å². The van der Waals surface area contributed by atoms with Gasteiger partial charge in [0.25, 0.3) is 6.71 Å². The van der Waals surface area contributed by atoms with E-state index in [1.807, 2.05) is 0 Å². The summed E-state index contributed by atoms with van der Waals surface area (Å²) in [5.74, 6) is 0. The van der Waals surface area contributed by atoms with Crippen LogP contribution >= 0.6 is 0 Å². The van der Waals surface area contributed by atoms with Crippen LogP contribution in [0.25, 0.3) is 11.1 Å². The molecule has 0 bridgehead atoms. The Hall–Kier alpha value is -7.56. The summed E-state index contributed by atoms with van der Waals surface area (Å²) < 4.78 is 0. The van der Waals surface area contributed by atoms with Gasteiger partial charge in [-0.05, 0) is 162 Å². The predicted molar refractivity (Wildman–Crippen MR) is 339 cm³/mol. The second kappa shape index (κ2) is 17.7. The number of fused-ring (bicyclic) bond motifs is 9. The number of hydrogen-bond donors (Lipinski definition) is 0. The monoisotopic (exact) mass is 1030 g/mol. The van der Waals surface area contributed by atoms with E-state index in [4.69, 9.17) is 0 Å². The number of aryl methyl sites for hydroxylation is 1. The highest BCUT2D eigenvalue weighted by molar-refractivity contribution is 7.00. The molecule has 4 heteroatoms. The van der Waals surface area contributed by atoms with Gasteiger partial charge in [-0.3, -0.25) is 0 Å². The molecular weight excluding hydrogens is 954 g/mol. The summed E-state index contributed by atoms with van der Waals surface area (Å²) in [4.78, 5) is 8.09. The topological polar surface area (TPSA) is 9.72 Å². The van der Waals surface area contributed by atoms with Crippen molar-refractivity contribution in [3.8, 4) is 11.1 Å². The lowest BCUT2D eigenvalue weighted by molar-refractivity contribution is 0.270. The van der Waals surface area contributed by atoms with Crippen LogP contribution in [0, 0.1) is 0 Å². The molecule has 3 heterocycles. The molecule has 2 atom stereocenters. The van der Waals surface area contributed by atoms with Crippen molar-refractivity contribution >= 4 is 68.6 Å². The van der Waals surface area contributed by atoms with Crippen LogP contribution in [0.1, 0.15) is 141 Å². The van der Waals surface area contributed by atoms with Crippen molar-refractivity contribution in [1.82, 2.24) is 0 Å². The first-order chi connectivity index (χ1) is 37.6. The SMILES string of the molecule is CC(C)(C)c1ccc(N2c3ccc(C(C)(C)C)cc3B3c4ccccc4N(c4ccc(C(C)(C)C)cc4-c4ccccc4)c4cc(N5c6ccc(C(C)(C)C)cc6C6(c7ccccc7)CCc7ccccc7C56C)cc2c43)cc1. The molecule has 79 heavy (non-hydrogen) atoms. The Balaban J connectivity index is 1.19. The Kier molecular flexibility index (Phi) is 11.4. The molecule has 13 rings (SSSR count). The number of anilines is 8. The lowest BCUT2D eigenvalue weighted by Gasteiger charge is -2.53. The molecule has 9 aromatic carbocycles. The zero-order valence-electron chi connectivity index (χ0n) is 48.9. The smallest absolute Gasteiger partial charge is 0.252 e. The summed E-state index contributed by atoms with van der Waals surface area (Å²) in [6.07, 6.45) is 1.98. The van der Waals surface area contributed by atoms with Crippen LogP contribution in [-0.4, -0.2) is 6.71 Å². The van der Waals surface area contributed by atoms with Crippen molar-refractivity contribution in [2.24, 2.45) is 0 Å². The zero-order chi connectivity index (χ0) is 55.2. The van der Waals surface area contributed by atoms with Crippen molar-refractivity contribution < 1.29 is 0 Å². The number of nitrogens with zero attached hydrogens (tertiary/aromatic N) is 3. The van der Waals surface area contributed by atoms with Crippen molar-refractivity contribution in [3.05, 3.63) is 245 Å². The molecule has 0 N–H and O–H groups in total. The molecule has 2 unspecified atom stereocenters. The van der Waals surface area contributed by atoms with Crippen molar-refractivity contribution in [1.29, 1.82) is 0 Å². The Morgan fingerprint density at radius 1 is 0.392 bits per heavy atom. The third-order valence-electron chi connectivity index (χ3n) is 18.7. The van der Waals surface area contributed by atoms with Crippen molar-refractivity contribution in [2.75, 3.05) is 14.7 Å². The Morgan fingerprint density at radius 3 is 1.57 bits per heavy atom. The Bertz CT molecular complexity index is 3860.